The molecule has 98 valence electrons. The molecule has 0 unspecified atom stereocenters. The summed E-state index contributed by atoms with van der Waals surface area (Å²) in [5.41, 5.74) is 8.05. The minimum Gasteiger partial charge on any atom is -0.461 e. The molecule has 2 N–H and O–H groups in total. The molecule has 0 heterocycles. The zero-order chi connectivity index (χ0) is 13.7. The number of carbonyl (C=O) groups excluding carboxylic acids is 1. The predicted molar refractivity (Wildman–Crippen MR) is 75.8 cm³/mol. The van der Waals surface area contributed by atoms with Gasteiger partial charge in [-0.3, -0.25) is 4.79 Å². The van der Waals surface area contributed by atoms with Crippen LogP contribution in [0.15, 0.2) is 48.5 Å². The lowest BCUT2D eigenvalue weighted by Crippen LogP contribution is -2.08. The molecular formula is C15H14ClNO2. The number of nitrogen functional groups attached to an aromatic ring is 1. The average Bonchev–Trinajstić information content (AvgIpc) is 2.41. The second-order valence-electron chi connectivity index (χ2n) is 4.21. The number of carbonyl (C=O) groups is 1. The van der Waals surface area contributed by atoms with Gasteiger partial charge in [-0.15, -0.1) is 0 Å². The van der Waals surface area contributed by atoms with Crippen LogP contribution in [0.2, 0.25) is 5.02 Å². The van der Waals surface area contributed by atoms with Gasteiger partial charge < -0.3 is 10.5 Å². The van der Waals surface area contributed by atoms with E-state index in [9.17, 15) is 4.79 Å². The summed E-state index contributed by atoms with van der Waals surface area (Å²) in [6.45, 7) is 0.255. The van der Waals surface area contributed by atoms with Crippen molar-refractivity contribution in [1.29, 1.82) is 0 Å². The van der Waals surface area contributed by atoms with Crippen molar-refractivity contribution in [2.75, 3.05) is 5.73 Å². The first-order chi connectivity index (χ1) is 9.13. The summed E-state index contributed by atoms with van der Waals surface area (Å²) in [6, 6.07) is 14.4. The molecule has 0 amide bonds. The number of benzene rings is 2. The number of hydrogen-bond acceptors (Lipinski definition) is 3. The topological polar surface area (TPSA) is 52.3 Å². The third kappa shape index (κ3) is 4.30. The van der Waals surface area contributed by atoms with E-state index in [1.54, 1.807) is 24.3 Å². The number of ether oxygens (including phenoxy) is 1. The van der Waals surface area contributed by atoms with E-state index in [2.05, 4.69) is 0 Å². The van der Waals surface area contributed by atoms with E-state index in [1.165, 1.54) is 0 Å². The summed E-state index contributed by atoms with van der Waals surface area (Å²) in [6.07, 6.45) is 0.244. The Balaban J connectivity index is 1.84. The van der Waals surface area contributed by atoms with Gasteiger partial charge in [-0.2, -0.15) is 0 Å². The highest BCUT2D eigenvalue weighted by atomic mass is 35.5. The zero-order valence-electron chi connectivity index (χ0n) is 10.3. The standard InChI is InChI=1S/C15H14ClNO2/c16-13-5-1-12(2-6-13)10-19-15(18)9-11-3-7-14(17)8-4-11/h1-8H,9-10,17H2. The number of anilines is 1. The molecule has 0 fully saturated rings. The van der Waals surface area contributed by atoms with E-state index in [-0.39, 0.29) is 19.0 Å². The van der Waals surface area contributed by atoms with Crippen molar-refractivity contribution < 1.29 is 9.53 Å². The van der Waals surface area contributed by atoms with Crippen LogP contribution >= 0.6 is 11.6 Å². The van der Waals surface area contributed by atoms with E-state index in [4.69, 9.17) is 22.1 Å². The predicted octanol–water partition coefficient (Wildman–Crippen LogP) is 3.21. The van der Waals surface area contributed by atoms with Gasteiger partial charge in [0.05, 0.1) is 6.42 Å². The van der Waals surface area contributed by atoms with Crippen molar-refractivity contribution in [1.82, 2.24) is 0 Å². The number of rotatable bonds is 4. The van der Waals surface area contributed by atoms with Crippen molar-refractivity contribution in [2.24, 2.45) is 0 Å². The quantitative estimate of drug-likeness (QED) is 0.689. The molecule has 0 saturated heterocycles. The first-order valence-corrected chi connectivity index (χ1v) is 6.26. The van der Waals surface area contributed by atoms with Gasteiger partial charge in [-0.25, -0.2) is 0 Å². The Bertz CT molecular complexity index is 549. The van der Waals surface area contributed by atoms with Gasteiger partial charge in [0, 0.05) is 10.7 Å². The molecule has 19 heavy (non-hydrogen) atoms. The maximum Gasteiger partial charge on any atom is 0.310 e. The van der Waals surface area contributed by atoms with Gasteiger partial charge in [-0.1, -0.05) is 35.9 Å². The molecule has 2 rings (SSSR count). The van der Waals surface area contributed by atoms with Gasteiger partial charge in [-0.05, 0) is 35.4 Å². The van der Waals surface area contributed by atoms with E-state index < -0.39 is 0 Å². The van der Waals surface area contributed by atoms with E-state index >= 15 is 0 Å². The van der Waals surface area contributed by atoms with Gasteiger partial charge in [0.15, 0.2) is 0 Å². The second kappa shape index (κ2) is 6.25. The van der Waals surface area contributed by atoms with Crippen molar-refractivity contribution >= 4 is 23.3 Å². The molecule has 0 aromatic heterocycles. The van der Waals surface area contributed by atoms with E-state index in [1.807, 2.05) is 24.3 Å². The highest BCUT2D eigenvalue weighted by molar-refractivity contribution is 6.30. The van der Waals surface area contributed by atoms with Gasteiger partial charge in [0.25, 0.3) is 0 Å². The van der Waals surface area contributed by atoms with Crippen molar-refractivity contribution in [3.8, 4) is 0 Å². The van der Waals surface area contributed by atoms with E-state index in [0.717, 1.165) is 11.1 Å². The molecule has 0 spiro atoms. The first-order valence-electron chi connectivity index (χ1n) is 5.88. The summed E-state index contributed by atoms with van der Waals surface area (Å²) >= 11 is 5.78. The minimum atomic E-state index is -0.264. The lowest BCUT2D eigenvalue weighted by Gasteiger charge is -2.05. The number of nitrogens with two attached hydrogens (primary N) is 1. The SMILES string of the molecule is Nc1ccc(CC(=O)OCc2ccc(Cl)cc2)cc1. The molecule has 2 aromatic carbocycles. The summed E-state index contributed by atoms with van der Waals surface area (Å²) < 4.78 is 5.19. The second-order valence-corrected chi connectivity index (χ2v) is 4.64. The number of esters is 1. The Morgan fingerprint density at radius 1 is 1.00 bits per heavy atom. The lowest BCUT2D eigenvalue weighted by atomic mass is 10.1. The maximum atomic E-state index is 11.7. The summed E-state index contributed by atoms with van der Waals surface area (Å²) in [5.74, 6) is -0.264. The molecule has 0 saturated carbocycles. The Morgan fingerprint density at radius 2 is 1.58 bits per heavy atom. The Morgan fingerprint density at radius 3 is 2.21 bits per heavy atom. The van der Waals surface area contributed by atoms with Gasteiger partial charge in [0.2, 0.25) is 0 Å². The molecule has 0 aliphatic rings. The van der Waals surface area contributed by atoms with Crippen LogP contribution in [0.4, 0.5) is 5.69 Å². The van der Waals surface area contributed by atoms with E-state index in [0.29, 0.717) is 10.7 Å². The summed E-state index contributed by atoms with van der Waals surface area (Å²) in [7, 11) is 0. The smallest absolute Gasteiger partial charge is 0.310 e. The molecule has 0 radical (unpaired) electrons. The van der Waals surface area contributed by atoms with Crippen LogP contribution in [0.3, 0.4) is 0 Å². The molecule has 3 nitrogen and oxygen atoms in total. The lowest BCUT2D eigenvalue weighted by molar-refractivity contribution is -0.144. The third-order valence-electron chi connectivity index (χ3n) is 2.64. The fraction of sp³-hybridized carbons (Fsp3) is 0.133. The van der Waals surface area contributed by atoms with Gasteiger partial charge in [0.1, 0.15) is 6.61 Å². The maximum absolute atomic E-state index is 11.7. The number of halogens is 1. The largest absolute Gasteiger partial charge is 0.461 e. The molecule has 4 heteroatoms. The Labute approximate surface area is 117 Å². The van der Waals surface area contributed by atoms with Crippen LogP contribution < -0.4 is 5.73 Å². The molecule has 2 aromatic rings. The van der Waals surface area contributed by atoms with Crippen molar-refractivity contribution in [3.05, 3.63) is 64.7 Å². The highest BCUT2D eigenvalue weighted by Crippen LogP contribution is 2.11. The normalized spacial score (nSPS) is 10.2. The molecule has 0 aliphatic carbocycles. The van der Waals surface area contributed by atoms with Crippen LogP contribution in [0, 0.1) is 0 Å². The van der Waals surface area contributed by atoms with Crippen LogP contribution in [0.1, 0.15) is 11.1 Å². The summed E-state index contributed by atoms with van der Waals surface area (Å²) in [4.78, 5) is 11.7. The molecule has 0 aliphatic heterocycles. The molecule has 0 bridgehead atoms. The highest BCUT2D eigenvalue weighted by Gasteiger charge is 2.05. The van der Waals surface area contributed by atoms with Gasteiger partial charge >= 0.3 is 5.97 Å². The Hall–Kier alpha value is -2.00. The molecular weight excluding hydrogens is 262 g/mol. The number of hydrogen-bond donors (Lipinski definition) is 1. The van der Waals surface area contributed by atoms with Crippen molar-refractivity contribution in [3.63, 3.8) is 0 Å². The average molecular weight is 276 g/mol. The van der Waals surface area contributed by atoms with Crippen LogP contribution in [0.25, 0.3) is 0 Å². The fourth-order valence-electron chi connectivity index (χ4n) is 1.60. The van der Waals surface area contributed by atoms with Crippen molar-refractivity contribution in [2.45, 2.75) is 13.0 Å². The zero-order valence-corrected chi connectivity index (χ0v) is 11.1. The Kier molecular flexibility index (Phi) is 4.42. The fourth-order valence-corrected chi connectivity index (χ4v) is 1.72. The minimum absolute atomic E-state index is 0.244. The third-order valence-corrected chi connectivity index (χ3v) is 2.89. The van der Waals surface area contributed by atoms with Crippen LogP contribution in [-0.4, -0.2) is 5.97 Å². The van der Waals surface area contributed by atoms with Crippen LogP contribution in [0.5, 0.6) is 0 Å². The summed E-state index contributed by atoms with van der Waals surface area (Å²) in [5, 5.41) is 0.664. The monoisotopic (exact) mass is 275 g/mol. The molecule has 0 atom stereocenters. The van der Waals surface area contributed by atoms with Crippen LogP contribution in [-0.2, 0) is 22.6 Å². The first kappa shape index (κ1) is 13.4.